The van der Waals surface area contributed by atoms with Crippen molar-refractivity contribution < 1.29 is 4.39 Å². The second kappa shape index (κ2) is 6.80. The maximum atomic E-state index is 14.0. The molecule has 0 saturated carbocycles. The quantitative estimate of drug-likeness (QED) is 0.694. The summed E-state index contributed by atoms with van der Waals surface area (Å²) in [5, 5.41) is 4.91. The number of hydrogen-bond acceptors (Lipinski definition) is 1. The van der Waals surface area contributed by atoms with Crippen LogP contribution in [0.25, 0.3) is 0 Å². The van der Waals surface area contributed by atoms with Gasteiger partial charge in [0.25, 0.3) is 0 Å². The Morgan fingerprint density at radius 2 is 2.00 bits per heavy atom. The first-order valence-corrected chi connectivity index (χ1v) is 7.95. The van der Waals surface area contributed by atoms with Crippen LogP contribution in [0.5, 0.6) is 0 Å². The van der Waals surface area contributed by atoms with Crippen LogP contribution in [-0.4, -0.2) is 9.78 Å². The lowest BCUT2D eigenvalue weighted by molar-refractivity contribution is 0.573. The number of rotatable bonds is 5. The summed E-state index contributed by atoms with van der Waals surface area (Å²) < 4.78 is 15.8. The third kappa shape index (κ3) is 3.41. The summed E-state index contributed by atoms with van der Waals surface area (Å²) in [4.78, 5) is 0. The predicted molar refractivity (Wildman–Crippen MR) is 85.8 cm³/mol. The molecule has 1 aromatic heterocycles. The summed E-state index contributed by atoms with van der Waals surface area (Å²) in [6.07, 6.45) is 1.63. The Labute approximate surface area is 134 Å². The van der Waals surface area contributed by atoms with E-state index in [0.29, 0.717) is 17.1 Å². The van der Waals surface area contributed by atoms with E-state index in [9.17, 15) is 4.39 Å². The van der Waals surface area contributed by atoms with Crippen molar-refractivity contribution >= 4 is 23.2 Å². The summed E-state index contributed by atoms with van der Waals surface area (Å²) in [7, 11) is 0. The number of aryl methyl sites for hydroxylation is 1. The lowest BCUT2D eigenvalue weighted by Gasteiger charge is -2.10. The highest BCUT2D eigenvalue weighted by molar-refractivity contribution is 6.30. The Balaban J connectivity index is 2.44. The third-order valence-electron chi connectivity index (χ3n) is 3.58. The Hall–Kier alpha value is -1.06. The predicted octanol–water partition coefficient (Wildman–Crippen LogP) is 5.15. The molecule has 2 rings (SSSR count). The summed E-state index contributed by atoms with van der Waals surface area (Å²) >= 11 is 12.1. The van der Waals surface area contributed by atoms with E-state index in [4.69, 9.17) is 23.2 Å². The molecule has 1 atom stereocenters. The Morgan fingerprint density at radius 1 is 1.29 bits per heavy atom. The zero-order valence-corrected chi connectivity index (χ0v) is 14.0. The van der Waals surface area contributed by atoms with E-state index in [1.807, 2.05) is 11.6 Å². The van der Waals surface area contributed by atoms with Crippen molar-refractivity contribution in [2.24, 2.45) is 0 Å². The molecule has 0 aliphatic carbocycles. The van der Waals surface area contributed by atoms with Crippen LogP contribution in [-0.2, 0) is 19.4 Å². The number of alkyl halides is 1. The molecule has 2 nitrogen and oxygen atoms in total. The normalized spacial score (nSPS) is 12.7. The van der Waals surface area contributed by atoms with Crippen LogP contribution in [0.1, 0.15) is 48.7 Å². The molecule has 0 fully saturated rings. The molecule has 0 radical (unpaired) electrons. The molecule has 0 N–H and O–H groups in total. The van der Waals surface area contributed by atoms with Crippen LogP contribution < -0.4 is 0 Å². The van der Waals surface area contributed by atoms with Crippen molar-refractivity contribution in [3.05, 3.63) is 51.6 Å². The van der Waals surface area contributed by atoms with Gasteiger partial charge in [-0.25, -0.2) is 4.39 Å². The minimum Gasteiger partial charge on any atom is -0.264 e. The topological polar surface area (TPSA) is 17.8 Å². The number of benzene rings is 1. The molecule has 21 heavy (non-hydrogen) atoms. The van der Waals surface area contributed by atoms with E-state index in [2.05, 4.69) is 18.9 Å². The Kier molecular flexibility index (Phi) is 5.28. The van der Waals surface area contributed by atoms with Gasteiger partial charge >= 0.3 is 0 Å². The second-order valence-electron chi connectivity index (χ2n) is 5.02. The first-order valence-electron chi connectivity index (χ1n) is 7.14. The fourth-order valence-electron chi connectivity index (χ4n) is 2.60. The standard InChI is InChI=1S/C16H19Cl2FN2/c1-4-14-16(10(3)17)15(5-2)21(20-14)9-11-6-7-12(18)8-13(11)19/h6-8,10H,4-5,9H2,1-3H3. The van der Waals surface area contributed by atoms with Gasteiger partial charge in [0.15, 0.2) is 0 Å². The van der Waals surface area contributed by atoms with Gasteiger partial charge in [0.05, 0.1) is 17.6 Å². The molecule has 1 aromatic carbocycles. The summed E-state index contributed by atoms with van der Waals surface area (Å²) in [6.45, 7) is 6.46. The largest absolute Gasteiger partial charge is 0.264 e. The van der Waals surface area contributed by atoms with Gasteiger partial charge in [-0.1, -0.05) is 31.5 Å². The van der Waals surface area contributed by atoms with Crippen molar-refractivity contribution in [3.63, 3.8) is 0 Å². The average Bonchev–Trinajstić information content (AvgIpc) is 2.79. The maximum absolute atomic E-state index is 14.0. The van der Waals surface area contributed by atoms with Gasteiger partial charge in [-0.2, -0.15) is 5.10 Å². The van der Waals surface area contributed by atoms with Gasteiger partial charge in [0, 0.05) is 21.8 Å². The van der Waals surface area contributed by atoms with E-state index in [0.717, 1.165) is 29.8 Å². The molecule has 1 heterocycles. The zero-order chi connectivity index (χ0) is 15.6. The highest BCUT2D eigenvalue weighted by Gasteiger charge is 2.19. The molecule has 0 bridgehead atoms. The molecular weight excluding hydrogens is 310 g/mol. The lowest BCUT2D eigenvalue weighted by Crippen LogP contribution is -2.08. The highest BCUT2D eigenvalue weighted by Crippen LogP contribution is 2.29. The van der Waals surface area contributed by atoms with E-state index < -0.39 is 0 Å². The smallest absolute Gasteiger partial charge is 0.129 e. The third-order valence-corrected chi connectivity index (χ3v) is 4.03. The number of hydrogen-bond donors (Lipinski definition) is 0. The maximum Gasteiger partial charge on any atom is 0.129 e. The summed E-state index contributed by atoms with van der Waals surface area (Å²) in [6, 6.07) is 4.73. The van der Waals surface area contributed by atoms with Crippen LogP contribution in [0.2, 0.25) is 5.02 Å². The first-order chi connectivity index (χ1) is 9.97. The van der Waals surface area contributed by atoms with Gasteiger partial charge < -0.3 is 0 Å². The molecule has 0 aliphatic rings. The molecule has 114 valence electrons. The monoisotopic (exact) mass is 328 g/mol. The van der Waals surface area contributed by atoms with Crippen LogP contribution in [0.4, 0.5) is 4.39 Å². The van der Waals surface area contributed by atoms with E-state index in [-0.39, 0.29) is 11.2 Å². The van der Waals surface area contributed by atoms with E-state index in [1.54, 1.807) is 12.1 Å². The van der Waals surface area contributed by atoms with Crippen LogP contribution in [0, 0.1) is 5.82 Å². The number of nitrogens with zero attached hydrogens (tertiary/aromatic N) is 2. The number of aromatic nitrogens is 2. The fraction of sp³-hybridized carbons (Fsp3) is 0.438. The van der Waals surface area contributed by atoms with Gasteiger partial charge in [-0.3, -0.25) is 4.68 Å². The summed E-state index contributed by atoms with van der Waals surface area (Å²) in [5.41, 5.74) is 3.72. The second-order valence-corrected chi connectivity index (χ2v) is 6.11. The average molecular weight is 329 g/mol. The SMILES string of the molecule is CCc1nn(Cc2ccc(Cl)cc2F)c(CC)c1C(C)Cl. The van der Waals surface area contributed by atoms with Crippen LogP contribution in [0.15, 0.2) is 18.2 Å². The van der Waals surface area contributed by atoms with Crippen LogP contribution in [0.3, 0.4) is 0 Å². The Morgan fingerprint density at radius 3 is 2.52 bits per heavy atom. The molecule has 5 heteroatoms. The summed E-state index contributed by atoms with van der Waals surface area (Å²) in [5.74, 6) is -0.307. The van der Waals surface area contributed by atoms with Crippen molar-refractivity contribution in [2.75, 3.05) is 0 Å². The number of halogens is 3. The minimum atomic E-state index is -0.307. The van der Waals surface area contributed by atoms with Gasteiger partial charge in [-0.15, -0.1) is 11.6 Å². The molecule has 1 unspecified atom stereocenters. The van der Waals surface area contributed by atoms with Gasteiger partial charge in [-0.05, 0) is 31.9 Å². The Bertz CT molecular complexity index is 635. The van der Waals surface area contributed by atoms with Crippen molar-refractivity contribution in [1.82, 2.24) is 9.78 Å². The molecule has 0 saturated heterocycles. The van der Waals surface area contributed by atoms with Gasteiger partial charge in [0.1, 0.15) is 5.82 Å². The van der Waals surface area contributed by atoms with E-state index in [1.165, 1.54) is 6.07 Å². The molecule has 0 spiro atoms. The molecule has 0 amide bonds. The highest BCUT2D eigenvalue weighted by atomic mass is 35.5. The lowest BCUT2D eigenvalue weighted by atomic mass is 10.1. The van der Waals surface area contributed by atoms with Crippen LogP contribution >= 0.6 is 23.2 Å². The minimum absolute atomic E-state index is 0.0984. The fourth-order valence-corrected chi connectivity index (χ4v) is 3.01. The van der Waals surface area contributed by atoms with E-state index >= 15 is 0 Å². The molecule has 0 aliphatic heterocycles. The van der Waals surface area contributed by atoms with Crippen molar-refractivity contribution in [1.29, 1.82) is 0 Å². The van der Waals surface area contributed by atoms with Crippen molar-refractivity contribution in [2.45, 2.75) is 45.5 Å². The van der Waals surface area contributed by atoms with Gasteiger partial charge in [0.2, 0.25) is 0 Å². The van der Waals surface area contributed by atoms with Crippen molar-refractivity contribution in [3.8, 4) is 0 Å². The molecular formula is C16H19Cl2FN2. The first kappa shape index (κ1) is 16.3. The zero-order valence-electron chi connectivity index (χ0n) is 12.5. The molecule has 2 aromatic rings.